The molecule has 0 saturated heterocycles. The Morgan fingerprint density at radius 1 is 1.62 bits per heavy atom. The van der Waals surface area contributed by atoms with E-state index in [0.717, 1.165) is 4.88 Å². The van der Waals surface area contributed by atoms with Crippen molar-refractivity contribution in [1.82, 2.24) is 10.1 Å². The molecular weight excluding hydrogens is 226 g/mol. The minimum absolute atomic E-state index is 0.178. The molecule has 0 radical (unpaired) electrons. The highest BCUT2D eigenvalue weighted by atomic mass is 32.1. The standard InChI is InChI=1S/C10H13N3O2S/c1-2-6(11)8(14)10-12-9(13-15-10)7-4-3-5-16-7/h3-6,8,14H,2,11H2,1H3/t6?,8-/m0/s1. The lowest BCUT2D eigenvalue weighted by Crippen LogP contribution is -2.27. The monoisotopic (exact) mass is 239 g/mol. The van der Waals surface area contributed by atoms with Gasteiger partial charge in [0, 0.05) is 6.04 Å². The first-order valence-electron chi connectivity index (χ1n) is 5.03. The van der Waals surface area contributed by atoms with Crippen LogP contribution in [0.1, 0.15) is 25.3 Å². The summed E-state index contributed by atoms with van der Waals surface area (Å²) in [5.41, 5.74) is 5.70. The van der Waals surface area contributed by atoms with Gasteiger partial charge in [-0.2, -0.15) is 4.98 Å². The maximum Gasteiger partial charge on any atom is 0.257 e. The Kier molecular flexibility index (Phi) is 3.33. The van der Waals surface area contributed by atoms with E-state index < -0.39 is 6.10 Å². The van der Waals surface area contributed by atoms with Gasteiger partial charge in [-0.25, -0.2) is 0 Å². The van der Waals surface area contributed by atoms with Crippen molar-refractivity contribution in [2.24, 2.45) is 5.73 Å². The third-order valence-electron chi connectivity index (χ3n) is 2.31. The van der Waals surface area contributed by atoms with Gasteiger partial charge in [0.2, 0.25) is 5.82 Å². The lowest BCUT2D eigenvalue weighted by molar-refractivity contribution is 0.105. The lowest BCUT2D eigenvalue weighted by atomic mass is 10.1. The molecule has 0 spiro atoms. The Morgan fingerprint density at radius 3 is 3.06 bits per heavy atom. The molecule has 0 bridgehead atoms. The van der Waals surface area contributed by atoms with E-state index in [0.29, 0.717) is 12.2 Å². The van der Waals surface area contributed by atoms with Crippen molar-refractivity contribution in [1.29, 1.82) is 0 Å². The Hall–Kier alpha value is -1.24. The van der Waals surface area contributed by atoms with Crippen LogP contribution in [0.2, 0.25) is 0 Å². The van der Waals surface area contributed by atoms with E-state index in [9.17, 15) is 5.11 Å². The van der Waals surface area contributed by atoms with Gasteiger partial charge < -0.3 is 15.4 Å². The zero-order valence-corrected chi connectivity index (χ0v) is 9.65. The predicted molar refractivity (Wildman–Crippen MR) is 60.8 cm³/mol. The van der Waals surface area contributed by atoms with Crippen molar-refractivity contribution in [2.45, 2.75) is 25.5 Å². The quantitative estimate of drug-likeness (QED) is 0.845. The lowest BCUT2D eigenvalue weighted by Gasteiger charge is -2.11. The van der Waals surface area contributed by atoms with Crippen LogP contribution in [0.25, 0.3) is 10.7 Å². The Bertz CT molecular complexity index is 441. The minimum atomic E-state index is -0.897. The molecule has 0 saturated carbocycles. The largest absolute Gasteiger partial charge is 0.382 e. The molecule has 86 valence electrons. The van der Waals surface area contributed by atoms with E-state index in [1.54, 1.807) is 0 Å². The number of hydrogen-bond acceptors (Lipinski definition) is 6. The molecule has 0 amide bonds. The normalized spacial score (nSPS) is 14.9. The van der Waals surface area contributed by atoms with E-state index in [-0.39, 0.29) is 11.9 Å². The van der Waals surface area contributed by atoms with Gasteiger partial charge in [0.25, 0.3) is 5.89 Å². The van der Waals surface area contributed by atoms with Crippen LogP contribution in [0, 0.1) is 0 Å². The molecule has 0 aliphatic heterocycles. The maximum atomic E-state index is 9.78. The zero-order valence-electron chi connectivity index (χ0n) is 8.83. The van der Waals surface area contributed by atoms with Crippen molar-refractivity contribution in [3.05, 3.63) is 23.4 Å². The Morgan fingerprint density at radius 2 is 2.44 bits per heavy atom. The maximum absolute atomic E-state index is 9.78. The summed E-state index contributed by atoms with van der Waals surface area (Å²) in [5.74, 6) is 0.671. The highest BCUT2D eigenvalue weighted by Gasteiger charge is 2.22. The van der Waals surface area contributed by atoms with Crippen LogP contribution in [-0.4, -0.2) is 21.3 Å². The summed E-state index contributed by atoms with van der Waals surface area (Å²) in [5, 5.41) is 15.5. The van der Waals surface area contributed by atoms with Gasteiger partial charge in [0.1, 0.15) is 6.10 Å². The highest BCUT2D eigenvalue weighted by Crippen LogP contribution is 2.24. The molecular formula is C10H13N3O2S. The summed E-state index contributed by atoms with van der Waals surface area (Å²) in [4.78, 5) is 5.03. The third-order valence-corrected chi connectivity index (χ3v) is 3.18. The number of aromatic nitrogens is 2. The second-order valence-corrected chi connectivity index (χ2v) is 4.40. The number of nitrogens with two attached hydrogens (primary N) is 1. The minimum Gasteiger partial charge on any atom is -0.382 e. The van der Waals surface area contributed by atoms with Crippen molar-refractivity contribution >= 4 is 11.3 Å². The molecule has 2 atom stereocenters. The fraction of sp³-hybridized carbons (Fsp3) is 0.400. The van der Waals surface area contributed by atoms with Gasteiger partial charge in [-0.1, -0.05) is 18.1 Å². The summed E-state index contributed by atoms with van der Waals surface area (Å²) >= 11 is 1.52. The summed E-state index contributed by atoms with van der Waals surface area (Å²) in [6.45, 7) is 1.89. The topological polar surface area (TPSA) is 85.2 Å². The second-order valence-electron chi connectivity index (χ2n) is 3.45. The summed E-state index contributed by atoms with van der Waals surface area (Å²) in [6, 6.07) is 3.42. The van der Waals surface area contributed by atoms with Crippen molar-refractivity contribution < 1.29 is 9.63 Å². The number of rotatable bonds is 4. The number of aliphatic hydroxyl groups excluding tert-OH is 1. The number of hydrogen-bond donors (Lipinski definition) is 2. The van der Waals surface area contributed by atoms with Crippen LogP contribution in [-0.2, 0) is 0 Å². The Labute approximate surface area is 96.9 Å². The van der Waals surface area contributed by atoms with Gasteiger partial charge in [-0.15, -0.1) is 11.3 Å². The van der Waals surface area contributed by atoms with Gasteiger partial charge >= 0.3 is 0 Å². The second kappa shape index (κ2) is 4.73. The molecule has 2 aromatic heterocycles. The molecule has 0 fully saturated rings. The van der Waals surface area contributed by atoms with E-state index >= 15 is 0 Å². The average Bonchev–Trinajstić information content (AvgIpc) is 2.96. The van der Waals surface area contributed by atoms with E-state index in [2.05, 4.69) is 10.1 Å². The summed E-state index contributed by atoms with van der Waals surface area (Å²) < 4.78 is 4.99. The van der Waals surface area contributed by atoms with Crippen LogP contribution in [0.3, 0.4) is 0 Å². The molecule has 2 heterocycles. The highest BCUT2D eigenvalue weighted by molar-refractivity contribution is 7.13. The van der Waals surface area contributed by atoms with Crippen molar-refractivity contribution in [2.75, 3.05) is 0 Å². The van der Waals surface area contributed by atoms with Crippen LogP contribution in [0.5, 0.6) is 0 Å². The molecule has 3 N–H and O–H groups in total. The fourth-order valence-electron chi connectivity index (χ4n) is 1.27. The van der Waals surface area contributed by atoms with Crippen molar-refractivity contribution in [3.8, 4) is 10.7 Å². The molecule has 2 aromatic rings. The summed E-state index contributed by atoms with van der Waals surface area (Å²) in [6.07, 6.45) is -0.246. The molecule has 0 aliphatic carbocycles. The van der Waals surface area contributed by atoms with Crippen LogP contribution >= 0.6 is 11.3 Å². The molecule has 0 aliphatic rings. The first kappa shape index (κ1) is 11.3. The molecule has 16 heavy (non-hydrogen) atoms. The van der Waals surface area contributed by atoms with Gasteiger partial charge in [0.05, 0.1) is 4.88 Å². The molecule has 2 rings (SSSR count). The van der Waals surface area contributed by atoms with E-state index in [1.807, 2.05) is 24.4 Å². The van der Waals surface area contributed by atoms with Gasteiger partial charge in [-0.3, -0.25) is 0 Å². The summed E-state index contributed by atoms with van der Waals surface area (Å²) in [7, 11) is 0. The van der Waals surface area contributed by atoms with E-state index in [4.69, 9.17) is 10.3 Å². The van der Waals surface area contributed by atoms with Crippen LogP contribution < -0.4 is 5.73 Å². The fourth-order valence-corrected chi connectivity index (χ4v) is 1.92. The number of thiophene rings is 1. The molecule has 1 unspecified atom stereocenters. The van der Waals surface area contributed by atoms with E-state index in [1.165, 1.54) is 11.3 Å². The molecule has 0 aromatic carbocycles. The first-order chi connectivity index (χ1) is 7.72. The van der Waals surface area contributed by atoms with Gasteiger partial charge in [0.15, 0.2) is 0 Å². The molecule has 5 nitrogen and oxygen atoms in total. The SMILES string of the molecule is CCC(N)[C@H](O)c1nc(-c2cccs2)no1. The number of nitrogens with zero attached hydrogens (tertiary/aromatic N) is 2. The predicted octanol–water partition coefficient (Wildman–Crippen LogP) is 1.57. The Balaban J connectivity index is 2.20. The zero-order chi connectivity index (χ0) is 11.5. The third kappa shape index (κ3) is 2.13. The number of aliphatic hydroxyl groups is 1. The van der Waals surface area contributed by atoms with Gasteiger partial charge in [-0.05, 0) is 17.9 Å². The van der Waals surface area contributed by atoms with Crippen molar-refractivity contribution in [3.63, 3.8) is 0 Å². The van der Waals surface area contributed by atoms with Crippen LogP contribution in [0.4, 0.5) is 0 Å². The van der Waals surface area contributed by atoms with Crippen LogP contribution in [0.15, 0.2) is 22.0 Å². The molecule has 6 heteroatoms. The smallest absolute Gasteiger partial charge is 0.257 e. The average molecular weight is 239 g/mol. The first-order valence-corrected chi connectivity index (χ1v) is 5.91.